The maximum atomic E-state index is 7.48. The molecule has 0 saturated heterocycles. The van der Waals surface area contributed by atoms with E-state index in [1.54, 1.807) is 29.3 Å². The van der Waals surface area contributed by atoms with E-state index in [1.165, 1.54) is 0 Å². The Morgan fingerprint density at radius 3 is 2.94 bits per heavy atom. The SMILES string of the molecule is N=C(N)c1ccccc1CSc1nccs1. The van der Waals surface area contributed by atoms with Crippen LogP contribution in [0.3, 0.4) is 0 Å². The number of hydrogen-bond acceptors (Lipinski definition) is 4. The number of nitrogens with zero attached hydrogens (tertiary/aromatic N) is 1. The number of nitrogens with two attached hydrogens (primary N) is 1. The Morgan fingerprint density at radius 1 is 1.44 bits per heavy atom. The molecule has 16 heavy (non-hydrogen) atoms. The molecule has 2 rings (SSSR count). The van der Waals surface area contributed by atoms with Gasteiger partial charge in [0.1, 0.15) is 10.2 Å². The van der Waals surface area contributed by atoms with Crippen molar-refractivity contribution in [3.05, 3.63) is 47.0 Å². The van der Waals surface area contributed by atoms with Crippen molar-refractivity contribution >= 4 is 28.9 Å². The van der Waals surface area contributed by atoms with Gasteiger partial charge in [0, 0.05) is 22.9 Å². The molecule has 0 unspecified atom stereocenters. The zero-order valence-electron chi connectivity index (χ0n) is 8.51. The molecular formula is C11H11N3S2. The summed E-state index contributed by atoms with van der Waals surface area (Å²) >= 11 is 3.29. The van der Waals surface area contributed by atoms with Crippen molar-refractivity contribution in [2.75, 3.05) is 0 Å². The summed E-state index contributed by atoms with van der Waals surface area (Å²) in [6.07, 6.45) is 1.80. The number of aromatic nitrogens is 1. The van der Waals surface area contributed by atoms with Gasteiger partial charge in [0.2, 0.25) is 0 Å². The van der Waals surface area contributed by atoms with Gasteiger partial charge in [0.25, 0.3) is 0 Å². The zero-order valence-corrected chi connectivity index (χ0v) is 10.1. The quantitative estimate of drug-likeness (QED) is 0.497. The molecule has 5 heteroatoms. The number of thioether (sulfide) groups is 1. The van der Waals surface area contributed by atoms with E-state index in [-0.39, 0.29) is 5.84 Å². The summed E-state index contributed by atoms with van der Waals surface area (Å²) in [5.74, 6) is 0.916. The summed E-state index contributed by atoms with van der Waals surface area (Å²) in [4.78, 5) is 4.20. The lowest BCUT2D eigenvalue weighted by atomic mass is 10.1. The number of amidine groups is 1. The van der Waals surface area contributed by atoms with E-state index in [9.17, 15) is 0 Å². The van der Waals surface area contributed by atoms with Crippen LogP contribution in [0.25, 0.3) is 0 Å². The van der Waals surface area contributed by atoms with Crippen molar-refractivity contribution in [3.63, 3.8) is 0 Å². The van der Waals surface area contributed by atoms with Crippen LogP contribution in [0.4, 0.5) is 0 Å². The Labute approximate surface area is 102 Å². The normalized spacial score (nSPS) is 10.2. The highest BCUT2D eigenvalue weighted by atomic mass is 32.2. The van der Waals surface area contributed by atoms with Gasteiger partial charge in [-0.25, -0.2) is 4.98 Å². The topological polar surface area (TPSA) is 62.8 Å². The molecular weight excluding hydrogens is 238 g/mol. The summed E-state index contributed by atoms with van der Waals surface area (Å²) < 4.78 is 1.04. The molecule has 0 spiro atoms. The maximum absolute atomic E-state index is 7.48. The van der Waals surface area contributed by atoms with Gasteiger partial charge in [-0.05, 0) is 5.56 Å². The van der Waals surface area contributed by atoms with Gasteiger partial charge in [-0.1, -0.05) is 36.0 Å². The van der Waals surface area contributed by atoms with Crippen LogP contribution in [0.2, 0.25) is 0 Å². The fraction of sp³-hybridized carbons (Fsp3) is 0.0909. The van der Waals surface area contributed by atoms with E-state index in [1.807, 2.05) is 29.6 Å². The van der Waals surface area contributed by atoms with Crippen LogP contribution in [0.1, 0.15) is 11.1 Å². The fourth-order valence-electron chi connectivity index (χ4n) is 1.33. The number of hydrogen-bond donors (Lipinski definition) is 2. The molecule has 0 radical (unpaired) electrons. The monoisotopic (exact) mass is 249 g/mol. The van der Waals surface area contributed by atoms with Gasteiger partial charge >= 0.3 is 0 Å². The molecule has 0 amide bonds. The Morgan fingerprint density at radius 2 is 2.25 bits per heavy atom. The predicted molar refractivity (Wildman–Crippen MR) is 69.1 cm³/mol. The standard InChI is InChI=1S/C11H11N3S2/c12-10(13)9-4-2-1-3-8(9)7-16-11-14-5-6-15-11/h1-6H,7H2,(H3,12,13). The molecule has 0 aliphatic carbocycles. The van der Waals surface area contributed by atoms with Crippen LogP contribution in [-0.4, -0.2) is 10.8 Å². The third kappa shape index (κ3) is 2.62. The van der Waals surface area contributed by atoms with Crippen molar-refractivity contribution in [3.8, 4) is 0 Å². The van der Waals surface area contributed by atoms with E-state index in [0.717, 1.165) is 21.2 Å². The molecule has 3 nitrogen and oxygen atoms in total. The highest BCUT2D eigenvalue weighted by molar-refractivity contribution is 8.00. The van der Waals surface area contributed by atoms with Crippen LogP contribution < -0.4 is 5.73 Å². The number of rotatable bonds is 4. The molecule has 0 saturated carbocycles. The largest absolute Gasteiger partial charge is 0.384 e. The number of thiazole rings is 1. The molecule has 1 aromatic carbocycles. The Balaban J connectivity index is 2.12. The summed E-state index contributed by atoms with van der Waals surface area (Å²) in [6.45, 7) is 0. The Kier molecular flexibility index (Phi) is 3.58. The van der Waals surface area contributed by atoms with E-state index < -0.39 is 0 Å². The first-order valence-corrected chi connectivity index (χ1v) is 6.58. The molecule has 2 aromatic rings. The maximum Gasteiger partial charge on any atom is 0.150 e. The smallest absolute Gasteiger partial charge is 0.150 e. The predicted octanol–water partition coefficient (Wildman–Crippen LogP) is 2.72. The lowest BCUT2D eigenvalue weighted by molar-refractivity contribution is 1.24. The second-order valence-electron chi connectivity index (χ2n) is 3.16. The molecule has 0 atom stereocenters. The number of benzene rings is 1. The molecule has 0 bridgehead atoms. The van der Waals surface area contributed by atoms with Gasteiger partial charge in [-0.2, -0.15) is 0 Å². The van der Waals surface area contributed by atoms with Crippen LogP contribution in [0, 0.1) is 5.41 Å². The first kappa shape index (κ1) is 11.2. The zero-order chi connectivity index (χ0) is 11.4. The van der Waals surface area contributed by atoms with Crippen molar-refractivity contribution in [1.29, 1.82) is 5.41 Å². The van der Waals surface area contributed by atoms with Gasteiger partial charge in [0.05, 0.1) is 0 Å². The highest BCUT2D eigenvalue weighted by Gasteiger charge is 2.05. The molecule has 0 fully saturated rings. The fourth-order valence-corrected chi connectivity index (χ4v) is 2.97. The molecule has 0 aliphatic rings. The highest BCUT2D eigenvalue weighted by Crippen LogP contribution is 2.25. The minimum Gasteiger partial charge on any atom is -0.384 e. The van der Waals surface area contributed by atoms with Crippen LogP contribution >= 0.6 is 23.1 Å². The van der Waals surface area contributed by atoms with Gasteiger partial charge in [-0.15, -0.1) is 11.3 Å². The van der Waals surface area contributed by atoms with Crippen LogP contribution in [0.5, 0.6) is 0 Å². The lowest BCUT2D eigenvalue weighted by Crippen LogP contribution is -2.13. The second-order valence-corrected chi connectivity index (χ2v) is 5.27. The Hall–Kier alpha value is -1.33. The van der Waals surface area contributed by atoms with Crippen molar-refractivity contribution < 1.29 is 0 Å². The van der Waals surface area contributed by atoms with Crippen molar-refractivity contribution in [1.82, 2.24) is 4.98 Å². The molecule has 0 aliphatic heterocycles. The number of nitrogen functional groups attached to an aromatic ring is 1. The minimum atomic E-state index is 0.121. The summed E-state index contributed by atoms with van der Waals surface area (Å²) in [5, 5.41) is 9.44. The third-order valence-electron chi connectivity index (χ3n) is 2.07. The molecule has 3 N–H and O–H groups in total. The average Bonchev–Trinajstić information content (AvgIpc) is 2.79. The van der Waals surface area contributed by atoms with E-state index in [0.29, 0.717) is 0 Å². The van der Waals surface area contributed by atoms with Crippen LogP contribution in [0.15, 0.2) is 40.2 Å². The first-order chi connectivity index (χ1) is 7.77. The summed E-state index contributed by atoms with van der Waals surface area (Å²) in [7, 11) is 0. The van der Waals surface area contributed by atoms with Gasteiger partial charge in [-0.3, -0.25) is 5.41 Å². The second kappa shape index (κ2) is 5.14. The summed E-state index contributed by atoms with van der Waals surface area (Å²) in [6, 6.07) is 7.73. The minimum absolute atomic E-state index is 0.121. The van der Waals surface area contributed by atoms with Crippen molar-refractivity contribution in [2.24, 2.45) is 5.73 Å². The van der Waals surface area contributed by atoms with Gasteiger partial charge in [0.15, 0.2) is 0 Å². The average molecular weight is 249 g/mol. The Bertz CT molecular complexity index is 480. The number of nitrogens with one attached hydrogen (secondary N) is 1. The van der Waals surface area contributed by atoms with Crippen LogP contribution in [-0.2, 0) is 5.75 Å². The van der Waals surface area contributed by atoms with Crippen molar-refractivity contribution in [2.45, 2.75) is 10.1 Å². The van der Waals surface area contributed by atoms with Gasteiger partial charge < -0.3 is 5.73 Å². The van der Waals surface area contributed by atoms with E-state index in [4.69, 9.17) is 11.1 Å². The molecule has 82 valence electrons. The molecule has 1 heterocycles. The lowest BCUT2D eigenvalue weighted by Gasteiger charge is -2.06. The van der Waals surface area contributed by atoms with E-state index in [2.05, 4.69) is 4.98 Å². The van der Waals surface area contributed by atoms with E-state index >= 15 is 0 Å². The molecule has 1 aromatic heterocycles. The summed E-state index contributed by atoms with van der Waals surface area (Å²) in [5.41, 5.74) is 7.42. The first-order valence-electron chi connectivity index (χ1n) is 4.72. The third-order valence-corrected chi connectivity index (χ3v) is 4.08.